The van der Waals surface area contributed by atoms with Gasteiger partial charge in [0.1, 0.15) is 23.2 Å². The van der Waals surface area contributed by atoms with Gasteiger partial charge >= 0.3 is 0 Å². The number of benzene rings is 2. The van der Waals surface area contributed by atoms with Crippen LogP contribution in [0.3, 0.4) is 0 Å². The van der Waals surface area contributed by atoms with Gasteiger partial charge in [0.15, 0.2) is 28.7 Å². The summed E-state index contributed by atoms with van der Waals surface area (Å²) in [6.45, 7) is 7.96. The molecule has 2 N–H and O–H groups in total. The average molecular weight is 599 g/mol. The number of carbonyl (C=O) groups is 6. The van der Waals surface area contributed by atoms with Gasteiger partial charge in [0.2, 0.25) is 0 Å². The lowest BCUT2D eigenvalue weighted by Gasteiger charge is -2.61. The van der Waals surface area contributed by atoms with Gasteiger partial charge in [-0.3, -0.25) is 28.8 Å². The Morgan fingerprint density at radius 3 is 2.16 bits per heavy atom. The molecule has 0 heterocycles. The molecule has 3 saturated carbocycles. The highest BCUT2D eigenvalue weighted by atomic mass is 16.3. The summed E-state index contributed by atoms with van der Waals surface area (Å²) in [4.78, 5) is 81.0. The number of hydrogen-bond acceptors (Lipinski definition) is 8. The molecular weight excluding hydrogens is 560 g/mol. The average Bonchev–Trinajstić information content (AvgIpc) is 3.77. The van der Waals surface area contributed by atoms with Crippen molar-refractivity contribution in [3.63, 3.8) is 0 Å². The van der Waals surface area contributed by atoms with Crippen molar-refractivity contribution < 1.29 is 39.0 Å². The molecule has 0 saturated heterocycles. The van der Waals surface area contributed by atoms with Gasteiger partial charge in [0, 0.05) is 23.7 Å². The smallest absolute Gasteiger partial charge is 0.190 e. The predicted octanol–water partition coefficient (Wildman–Crippen LogP) is 4.28. The second-order valence-electron chi connectivity index (χ2n) is 14.4. The van der Waals surface area contributed by atoms with Crippen LogP contribution in [0.25, 0.3) is 11.1 Å². The molecular formula is C36H38O8. The van der Waals surface area contributed by atoms with E-state index >= 15 is 0 Å². The van der Waals surface area contributed by atoms with Crippen LogP contribution in [0.2, 0.25) is 0 Å². The molecule has 8 nitrogen and oxygen atoms in total. The van der Waals surface area contributed by atoms with E-state index in [1.54, 1.807) is 33.8 Å². The normalized spacial score (nSPS) is 33.1. The first-order valence-corrected chi connectivity index (χ1v) is 15.4. The summed E-state index contributed by atoms with van der Waals surface area (Å²) < 4.78 is 0. The summed E-state index contributed by atoms with van der Waals surface area (Å²) >= 11 is 0. The Kier molecular flexibility index (Phi) is 6.78. The Balaban J connectivity index is 1.46. The standard InChI is InChI=1S/C36H38O8/c1-17(2)28-30(40)26(18(3)37)32(42)36(44)33(43)29-31(41)27-23(15-34(29,4)16-35(28,36)5)22(12-13-24(27)38)20-8-6-19(7-9-20)14-25(39)21-10-11-21/h6-9,12-13,17,21,26,28-29,38,44H,10-11,14-16H2,1-5H3/t26?,28?,29?,34-,35-,36+/m1/s1. The highest BCUT2D eigenvalue weighted by Crippen LogP contribution is 2.64. The van der Waals surface area contributed by atoms with E-state index in [-0.39, 0.29) is 35.9 Å². The minimum absolute atomic E-state index is 0.000348. The van der Waals surface area contributed by atoms with Crippen LogP contribution in [0.15, 0.2) is 36.4 Å². The van der Waals surface area contributed by atoms with Gasteiger partial charge in [-0.1, -0.05) is 58.0 Å². The molecule has 4 aliphatic rings. The third-order valence-corrected chi connectivity index (χ3v) is 10.9. The maximum atomic E-state index is 14.4. The number of hydrogen-bond donors (Lipinski definition) is 2. The Morgan fingerprint density at radius 1 is 0.955 bits per heavy atom. The third-order valence-electron chi connectivity index (χ3n) is 10.9. The Hall–Kier alpha value is -3.78. The van der Waals surface area contributed by atoms with E-state index in [4.69, 9.17) is 0 Å². The second kappa shape index (κ2) is 9.86. The molecule has 0 aromatic heterocycles. The maximum Gasteiger partial charge on any atom is 0.190 e. The first kappa shape index (κ1) is 30.3. The number of aromatic hydroxyl groups is 1. The molecule has 230 valence electrons. The summed E-state index contributed by atoms with van der Waals surface area (Å²) in [7, 11) is 0. The molecule has 4 aliphatic carbocycles. The van der Waals surface area contributed by atoms with Crippen molar-refractivity contribution in [3.05, 3.63) is 53.1 Å². The number of phenols is 1. The molecule has 0 spiro atoms. The first-order chi connectivity index (χ1) is 20.6. The molecule has 44 heavy (non-hydrogen) atoms. The van der Waals surface area contributed by atoms with Crippen molar-refractivity contribution >= 4 is 34.7 Å². The van der Waals surface area contributed by atoms with E-state index in [0.29, 0.717) is 17.5 Å². The Bertz CT molecular complexity index is 1660. The Morgan fingerprint density at radius 2 is 1.59 bits per heavy atom. The fourth-order valence-corrected chi connectivity index (χ4v) is 8.96. The first-order valence-electron chi connectivity index (χ1n) is 15.4. The molecule has 2 aromatic rings. The number of ketones is 6. The van der Waals surface area contributed by atoms with Gasteiger partial charge in [-0.2, -0.15) is 0 Å². The molecule has 3 unspecified atom stereocenters. The van der Waals surface area contributed by atoms with Crippen molar-refractivity contribution in [2.75, 3.05) is 0 Å². The molecule has 8 heteroatoms. The van der Waals surface area contributed by atoms with Gasteiger partial charge in [-0.05, 0) is 72.3 Å². The minimum Gasteiger partial charge on any atom is -0.507 e. The van der Waals surface area contributed by atoms with E-state index in [2.05, 4.69) is 0 Å². The van der Waals surface area contributed by atoms with Crippen LogP contribution in [-0.4, -0.2) is 50.5 Å². The molecule has 0 amide bonds. The summed E-state index contributed by atoms with van der Waals surface area (Å²) in [5.74, 6) is -8.72. The molecule has 0 aliphatic heterocycles. The summed E-state index contributed by atoms with van der Waals surface area (Å²) in [6, 6.07) is 10.6. The lowest BCUT2D eigenvalue weighted by molar-refractivity contribution is -0.205. The van der Waals surface area contributed by atoms with Gasteiger partial charge in [0.05, 0.1) is 11.5 Å². The van der Waals surface area contributed by atoms with Crippen LogP contribution in [0.1, 0.15) is 75.4 Å². The quantitative estimate of drug-likeness (QED) is 0.469. The molecule has 0 radical (unpaired) electrons. The number of carbonyl (C=O) groups excluding carboxylic acids is 6. The molecule has 6 rings (SSSR count). The summed E-state index contributed by atoms with van der Waals surface area (Å²) in [5, 5.41) is 23.1. The number of fused-ring (bicyclic) bond motifs is 3. The predicted molar refractivity (Wildman–Crippen MR) is 160 cm³/mol. The van der Waals surface area contributed by atoms with Crippen molar-refractivity contribution in [3.8, 4) is 16.9 Å². The van der Waals surface area contributed by atoms with Crippen molar-refractivity contribution in [1.82, 2.24) is 0 Å². The topological polar surface area (TPSA) is 143 Å². The van der Waals surface area contributed by atoms with Crippen LogP contribution >= 0.6 is 0 Å². The summed E-state index contributed by atoms with van der Waals surface area (Å²) in [6.07, 6.45) is 2.42. The van der Waals surface area contributed by atoms with E-state index in [1.807, 2.05) is 24.3 Å². The van der Waals surface area contributed by atoms with E-state index < -0.39 is 69.0 Å². The van der Waals surface area contributed by atoms with Crippen molar-refractivity contribution in [2.24, 2.45) is 40.4 Å². The van der Waals surface area contributed by atoms with Crippen LogP contribution in [0, 0.1) is 40.4 Å². The monoisotopic (exact) mass is 598 g/mol. The zero-order chi connectivity index (χ0) is 32.1. The Labute approximate surface area is 256 Å². The van der Waals surface area contributed by atoms with E-state index in [0.717, 1.165) is 30.9 Å². The van der Waals surface area contributed by atoms with Crippen LogP contribution in [0.5, 0.6) is 5.75 Å². The fraction of sp³-hybridized carbons (Fsp3) is 0.500. The van der Waals surface area contributed by atoms with Gasteiger partial charge in [-0.25, -0.2) is 0 Å². The number of rotatable bonds is 6. The van der Waals surface area contributed by atoms with Crippen LogP contribution in [-0.2, 0) is 36.8 Å². The van der Waals surface area contributed by atoms with Crippen molar-refractivity contribution in [1.29, 1.82) is 0 Å². The maximum absolute atomic E-state index is 14.4. The minimum atomic E-state index is -2.72. The van der Waals surface area contributed by atoms with Gasteiger partial charge in [-0.15, -0.1) is 0 Å². The number of phenolic OH excluding ortho intramolecular Hbond substituents is 1. The molecule has 6 atom stereocenters. The number of aliphatic hydroxyl groups is 1. The van der Waals surface area contributed by atoms with E-state index in [9.17, 15) is 39.0 Å². The van der Waals surface area contributed by atoms with Crippen LogP contribution in [0.4, 0.5) is 0 Å². The van der Waals surface area contributed by atoms with Gasteiger partial charge < -0.3 is 10.2 Å². The number of Topliss-reactive ketones (excluding diaryl/α,β-unsaturated/α-hetero) is 6. The lowest BCUT2D eigenvalue weighted by Crippen LogP contribution is -2.76. The fourth-order valence-electron chi connectivity index (χ4n) is 8.96. The molecule has 2 aromatic carbocycles. The highest BCUT2D eigenvalue weighted by molar-refractivity contribution is 6.32. The van der Waals surface area contributed by atoms with Crippen molar-refractivity contribution in [2.45, 2.75) is 72.3 Å². The van der Waals surface area contributed by atoms with E-state index in [1.165, 1.54) is 6.07 Å². The second-order valence-corrected chi connectivity index (χ2v) is 14.4. The zero-order valence-electron chi connectivity index (χ0n) is 25.7. The highest BCUT2D eigenvalue weighted by Gasteiger charge is 2.76. The van der Waals surface area contributed by atoms with Crippen LogP contribution < -0.4 is 0 Å². The third kappa shape index (κ3) is 4.06. The van der Waals surface area contributed by atoms with Gasteiger partial charge in [0.25, 0.3) is 0 Å². The molecule has 3 fully saturated rings. The largest absolute Gasteiger partial charge is 0.507 e. The lowest BCUT2D eigenvalue weighted by atomic mass is 9.40. The SMILES string of the molecule is CC(=O)C1C(=O)C(C(C)C)[C@@]2(C)C[C@@]3(C)Cc4c(-c5ccc(CC(=O)C6CC6)cc5)ccc(O)c4C(=O)C3C(=O)[C@@]2(O)C1=O. The molecule has 0 bridgehead atoms. The summed E-state index contributed by atoms with van der Waals surface area (Å²) in [5.41, 5.74) is -2.50. The zero-order valence-corrected chi connectivity index (χ0v) is 25.7.